The molecular formula is C14H21BrN2O2. The molecule has 1 aliphatic rings. The maximum atomic E-state index is 5.90. The maximum absolute atomic E-state index is 5.90. The monoisotopic (exact) mass is 328 g/mol. The van der Waals surface area contributed by atoms with Crippen LogP contribution in [0.3, 0.4) is 0 Å². The summed E-state index contributed by atoms with van der Waals surface area (Å²) in [4.78, 5) is 2.28. The van der Waals surface area contributed by atoms with Crippen molar-refractivity contribution >= 4 is 21.6 Å². The molecule has 3 atom stereocenters. The van der Waals surface area contributed by atoms with Crippen LogP contribution in [0.2, 0.25) is 0 Å². The van der Waals surface area contributed by atoms with Crippen LogP contribution in [0.4, 0.5) is 5.69 Å². The van der Waals surface area contributed by atoms with Gasteiger partial charge in [0.1, 0.15) is 12.2 Å². The number of nitrogens with two attached hydrogens (primary N) is 1. The van der Waals surface area contributed by atoms with Crippen LogP contribution in [-0.2, 0) is 9.47 Å². The number of benzene rings is 1. The second kappa shape index (κ2) is 6.22. The quantitative estimate of drug-likeness (QED) is 0.921. The zero-order chi connectivity index (χ0) is 14.0. The predicted octanol–water partition coefficient (Wildman–Crippen LogP) is 2.32. The van der Waals surface area contributed by atoms with Crippen molar-refractivity contribution in [3.63, 3.8) is 0 Å². The Morgan fingerprint density at radius 3 is 2.26 bits per heavy atom. The number of ether oxygens (including phenoxy) is 2. The van der Waals surface area contributed by atoms with Gasteiger partial charge in [0, 0.05) is 37.8 Å². The standard InChI is InChI=1S/C14H21BrN2O2/c1-9(16)10-4-5-12(11(15)6-10)17-7-13(18-2)14(8-17)19-3/h4-6,9,13-14H,7-8,16H2,1-3H3/t9-,13?,14?/m1/s1. The Bertz CT molecular complexity index is 427. The molecule has 1 heterocycles. The van der Waals surface area contributed by atoms with Crippen LogP contribution < -0.4 is 10.6 Å². The van der Waals surface area contributed by atoms with E-state index in [1.54, 1.807) is 14.2 Å². The molecule has 2 unspecified atom stereocenters. The van der Waals surface area contributed by atoms with E-state index < -0.39 is 0 Å². The van der Waals surface area contributed by atoms with Gasteiger partial charge >= 0.3 is 0 Å². The van der Waals surface area contributed by atoms with Crippen LogP contribution >= 0.6 is 15.9 Å². The molecule has 2 rings (SSSR count). The summed E-state index contributed by atoms with van der Waals surface area (Å²) in [6.45, 7) is 3.66. The minimum atomic E-state index is 0.0439. The molecule has 5 heteroatoms. The number of hydrogen-bond acceptors (Lipinski definition) is 4. The molecule has 19 heavy (non-hydrogen) atoms. The lowest BCUT2D eigenvalue weighted by molar-refractivity contribution is -0.00461. The molecule has 2 N–H and O–H groups in total. The summed E-state index contributed by atoms with van der Waals surface area (Å²) in [7, 11) is 3.46. The zero-order valence-corrected chi connectivity index (χ0v) is 13.2. The lowest BCUT2D eigenvalue weighted by atomic mass is 10.1. The molecule has 1 saturated heterocycles. The van der Waals surface area contributed by atoms with Crippen molar-refractivity contribution in [2.24, 2.45) is 5.73 Å². The van der Waals surface area contributed by atoms with Crippen LogP contribution in [-0.4, -0.2) is 39.5 Å². The highest BCUT2D eigenvalue weighted by molar-refractivity contribution is 9.10. The number of rotatable bonds is 4. The minimum Gasteiger partial charge on any atom is -0.377 e. The third-order valence-corrected chi connectivity index (χ3v) is 4.29. The Morgan fingerprint density at radius 1 is 1.26 bits per heavy atom. The SMILES string of the molecule is COC1CN(c2ccc([C@@H](C)N)cc2Br)CC1OC. The van der Waals surface area contributed by atoms with Crippen LogP contribution in [0.1, 0.15) is 18.5 Å². The van der Waals surface area contributed by atoms with Gasteiger partial charge in [0.15, 0.2) is 0 Å². The van der Waals surface area contributed by atoms with Crippen molar-refractivity contribution in [1.82, 2.24) is 0 Å². The smallest absolute Gasteiger partial charge is 0.102 e. The Kier molecular flexibility index (Phi) is 4.84. The highest BCUT2D eigenvalue weighted by Gasteiger charge is 2.33. The zero-order valence-electron chi connectivity index (χ0n) is 11.6. The normalized spacial score (nSPS) is 24.8. The van der Waals surface area contributed by atoms with Crippen molar-refractivity contribution < 1.29 is 9.47 Å². The largest absolute Gasteiger partial charge is 0.377 e. The van der Waals surface area contributed by atoms with E-state index in [9.17, 15) is 0 Å². The number of hydrogen-bond donors (Lipinski definition) is 1. The van der Waals surface area contributed by atoms with Crippen molar-refractivity contribution in [1.29, 1.82) is 0 Å². The van der Waals surface area contributed by atoms with Crippen molar-refractivity contribution in [2.75, 3.05) is 32.2 Å². The van der Waals surface area contributed by atoms with Crippen molar-refractivity contribution in [2.45, 2.75) is 25.2 Å². The highest BCUT2D eigenvalue weighted by Crippen LogP contribution is 2.32. The topological polar surface area (TPSA) is 47.7 Å². The molecule has 1 fully saturated rings. The first-order chi connectivity index (χ1) is 9.06. The van der Waals surface area contributed by atoms with Gasteiger partial charge in [-0.1, -0.05) is 6.07 Å². The maximum Gasteiger partial charge on any atom is 0.102 e. The lowest BCUT2D eigenvalue weighted by Crippen LogP contribution is -2.27. The molecule has 1 aromatic rings. The van der Waals surface area contributed by atoms with Crippen molar-refractivity contribution in [3.05, 3.63) is 28.2 Å². The van der Waals surface area contributed by atoms with E-state index in [0.717, 1.165) is 28.8 Å². The molecule has 0 saturated carbocycles. The van der Waals surface area contributed by atoms with Gasteiger partial charge in [-0.2, -0.15) is 0 Å². The summed E-state index contributed by atoms with van der Waals surface area (Å²) in [5, 5.41) is 0. The first kappa shape index (κ1) is 14.8. The molecule has 0 amide bonds. The van der Waals surface area contributed by atoms with Gasteiger partial charge < -0.3 is 20.1 Å². The van der Waals surface area contributed by atoms with E-state index in [2.05, 4.69) is 39.0 Å². The summed E-state index contributed by atoms with van der Waals surface area (Å²) in [5.74, 6) is 0. The molecule has 1 aromatic carbocycles. The molecular weight excluding hydrogens is 308 g/mol. The van der Waals surface area contributed by atoms with Gasteiger partial charge in [-0.25, -0.2) is 0 Å². The lowest BCUT2D eigenvalue weighted by Gasteiger charge is -2.21. The Balaban J connectivity index is 2.19. The Morgan fingerprint density at radius 2 is 1.84 bits per heavy atom. The first-order valence-corrected chi connectivity index (χ1v) is 7.21. The number of nitrogens with zero attached hydrogens (tertiary/aromatic N) is 1. The molecule has 0 bridgehead atoms. The summed E-state index contributed by atoms with van der Waals surface area (Å²) < 4.78 is 12.0. The Labute approximate surface area is 123 Å². The van der Waals surface area contributed by atoms with E-state index in [0.29, 0.717) is 0 Å². The second-order valence-electron chi connectivity index (χ2n) is 4.95. The fraction of sp³-hybridized carbons (Fsp3) is 0.571. The number of anilines is 1. The van der Waals surface area contributed by atoms with Crippen LogP contribution in [0.15, 0.2) is 22.7 Å². The van der Waals surface area contributed by atoms with E-state index >= 15 is 0 Å². The van der Waals surface area contributed by atoms with Gasteiger partial charge in [-0.15, -0.1) is 0 Å². The van der Waals surface area contributed by atoms with Gasteiger partial charge in [-0.05, 0) is 40.5 Å². The van der Waals surface area contributed by atoms with Gasteiger partial charge in [0.25, 0.3) is 0 Å². The first-order valence-electron chi connectivity index (χ1n) is 6.42. The van der Waals surface area contributed by atoms with Crippen LogP contribution in [0.25, 0.3) is 0 Å². The fourth-order valence-corrected chi connectivity index (χ4v) is 3.10. The molecule has 0 spiro atoms. The number of halogens is 1. The average Bonchev–Trinajstić information content (AvgIpc) is 2.81. The van der Waals surface area contributed by atoms with E-state index in [1.807, 2.05) is 6.92 Å². The second-order valence-corrected chi connectivity index (χ2v) is 5.81. The summed E-state index contributed by atoms with van der Waals surface area (Å²) in [5.41, 5.74) is 8.18. The van der Waals surface area contributed by atoms with Gasteiger partial charge in [-0.3, -0.25) is 0 Å². The third kappa shape index (κ3) is 3.11. The van der Waals surface area contributed by atoms with Crippen LogP contribution in [0.5, 0.6) is 0 Å². The molecule has 0 aromatic heterocycles. The van der Waals surface area contributed by atoms with Crippen molar-refractivity contribution in [3.8, 4) is 0 Å². The third-order valence-electron chi connectivity index (χ3n) is 3.66. The fourth-order valence-electron chi connectivity index (χ4n) is 2.46. The van der Waals surface area contributed by atoms with E-state index in [4.69, 9.17) is 15.2 Å². The average molecular weight is 329 g/mol. The summed E-state index contributed by atoms with van der Waals surface area (Å²) >= 11 is 3.63. The van der Waals surface area contributed by atoms with E-state index in [1.165, 1.54) is 0 Å². The molecule has 1 aliphatic heterocycles. The molecule has 0 aliphatic carbocycles. The number of methoxy groups -OCH3 is 2. The van der Waals surface area contributed by atoms with Gasteiger partial charge in [0.05, 0.1) is 5.69 Å². The summed E-state index contributed by atoms with van der Waals surface area (Å²) in [6.07, 6.45) is 0.231. The van der Waals surface area contributed by atoms with Crippen LogP contribution in [0, 0.1) is 0 Å². The highest BCUT2D eigenvalue weighted by atomic mass is 79.9. The van der Waals surface area contributed by atoms with Gasteiger partial charge in [0.2, 0.25) is 0 Å². The predicted molar refractivity (Wildman–Crippen MR) is 80.6 cm³/mol. The van der Waals surface area contributed by atoms with E-state index in [-0.39, 0.29) is 18.2 Å². The minimum absolute atomic E-state index is 0.0439. The molecule has 0 radical (unpaired) electrons. The Hall–Kier alpha value is -0.620. The molecule has 4 nitrogen and oxygen atoms in total. The molecule has 106 valence electrons. The summed E-state index contributed by atoms with van der Waals surface area (Å²) in [6, 6.07) is 6.31.